The van der Waals surface area contributed by atoms with Gasteiger partial charge in [-0.15, -0.1) is 24.0 Å². The van der Waals surface area contributed by atoms with Crippen molar-refractivity contribution in [3.05, 3.63) is 23.1 Å². The van der Waals surface area contributed by atoms with E-state index in [2.05, 4.69) is 19.6 Å². The zero-order valence-corrected chi connectivity index (χ0v) is 8.95. The Bertz CT molecular complexity index is 445. The predicted molar refractivity (Wildman–Crippen MR) is 60.1 cm³/mol. The first-order valence-electron chi connectivity index (χ1n) is 4.14. The van der Waals surface area contributed by atoms with Crippen LogP contribution in [-0.2, 0) is 6.42 Å². The summed E-state index contributed by atoms with van der Waals surface area (Å²) in [7, 11) is 0. The molecule has 0 aliphatic carbocycles. The predicted octanol–water partition coefficient (Wildman–Crippen LogP) is 3.46. The standard InChI is InChI=1S/C10H10OS2/c1-2-6-3-7-8(11)5-13-10(7)4-9(6)12/h3-5,11-12H,2H2,1H3. The Morgan fingerprint density at radius 2 is 2.23 bits per heavy atom. The van der Waals surface area contributed by atoms with Gasteiger partial charge in [-0.2, -0.15) is 0 Å². The van der Waals surface area contributed by atoms with Gasteiger partial charge in [0.05, 0.1) is 0 Å². The molecule has 13 heavy (non-hydrogen) atoms. The minimum Gasteiger partial charge on any atom is -0.506 e. The lowest BCUT2D eigenvalue weighted by Gasteiger charge is -2.01. The number of hydrogen-bond acceptors (Lipinski definition) is 3. The van der Waals surface area contributed by atoms with Crippen LogP contribution in [0.1, 0.15) is 12.5 Å². The first-order chi connectivity index (χ1) is 6.22. The van der Waals surface area contributed by atoms with E-state index < -0.39 is 0 Å². The van der Waals surface area contributed by atoms with E-state index in [1.54, 1.807) is 16.7 Å². The van der Waals surface area contributed by atoms with Crippen LogP contribution in [0.2, 0.25) is 0 Å². The number of thiol groups is 1. The summed E-state index contributed by atoms with van der Waals surface area (Å²) in [6.45, 7) is 2.09. The molecule has 0 amide bonds. The molecule has 0 fully saturated rings. The van der Waals surface area contributed by atoms with Gasteiger partial charge in [0.25, 0.3) is 0 Å². The fourth-order valence-corrected chi connectivity index (χ4v) is 2.66. The molecule has 68 valence electrons. The molecule has 2 rings (SSSR count). The normalized spacial score (nSPS) is 10.9. The summed E-state index contributed by atoms with van der Waals surface area (Å²) in [5.41, 5.74) is 1.18. The van der Waals surface area contributed by atoms with E-state index in [1.165, 1.54) is 5.56 Å². The van der Waals surface area contributed by atoms with Crippen molar-refractivity contribution in [2.45, 2.75) is 18.2 Å². The molecule has 0 saturated carbocycles. The second kappa shape index (κ2) is 3.24. The Balaban J connectivity index is 2.77. The zero-order valence-electron chi connectivity index (χ0n) is 7.24. The monoisotopic (exact) mass is 210 g/mol. The molecule has 0 aliphatic rings. The molecule has 0 aliphatic heterocycles. The minimum absolute atomic E-state index is 0.378. The second-order valence-corrected chi connectivity index (χ2v) is 4.34. The average molecular weight is 210 g/mol. The summed E-state index contributed by atoms with van der Waals surface area (Å²) in [5.74, 6) is 0.378. The van der Waals surface area contributed by atoms with E-state index in [-0.39, 0.29) is 0 Å². The van der Waals surface area contributed by atoms with Gasteiger partial charge in [-0.1, -0.05) is 6.92 Å². The molecule has 0 spiro atoms. The van der Waals surface area contributed by atoms with Gasteiger partial charge in [0.2, 0.25) is 0 Å². The molecule has 1 heterocycles. The molecule has 1 nitrogen and oxygen atoms in total. The second-order valence-electron chi connectivity index (χ2n) is 2.95. The first-order valence-corrected chi connectivity index (χ1v) is 5.47. The van der Waals surface area contributed by atoms with Crippen molar-refractivity contribution in [2.75, 3.05) is 0 Å². The van der Waals surface area contributed by atoms with Gasteiger partial charge in [-0.05, 0) is 24.1 Å². The van der Waals surface area contributed by atoms with Gasteiger partial charge >= 0.3 is 0 Å². The van der Waals surface area contributed by atoms with Gasteiger partial charge in [-0.25, -0.2) is 0 Å². The van der Waals surface area contributed by atoms with Gasteiger partial charge in [0.1, 0.15) is 5.75 Å². The molecule has 1 aromatic heterocycles. The summed E-state index contributed by atoms with van der Waals surface area (Å²) in [5, 5.41) is 12.2. The summed E-state index contributed by atoms with van der Waals surface area (Å²) in [6.07, 6.45) is 0.948. The highest BCUT2D eigenvalue weighted by Crippen LogP contribution is 2.34. The Kier molecular flexibility index (Phi) is 2.22. The molecule has 0 bridgehead atoms. The molecule has 0 saturated heterocycles. The Hall–Kier alpha value is -0.670. The largest absolute Gasteiger partial charge is 0.506 e. The van der Waals surface area contributed by atoms with E-state index in [0.29, 0.717) is 5.75 Å². The minimum atomic E-state index is 0.378. The van der Waals surface area contributed by atoms with Crippen LogP contribution in [0.4, 0.5) is 0 Å². The molecule has 0 radical (unpaired) electrons. The summed E-state index contributed by atoms with van der Waals surface area (Å²) >= 11 is 5.94. The maximum Gasteiger partial charge on any atom is 0.134 e. The fraction of sp³-hybridized carbons (Fsp3) is 0.200. The van der Waals surface area contributed by atoms with Crippen molar-refractivity contribution in [2.24, 2.45) is 0 Å². The van der Waals surface area contributed by atoms with Crippen LogP contribution < -0.4 is 0 Å². The number of rotatable bonds is 1. The molecular weight excluding hydrogens is 200 g/mol. The summed E-state index contributed by atoms with van der Waals surface area (Å²) in [4.78, 5) is 1.01. The lowest BCUT2D eigenvalue weighted by Crippen LogP contribution is -1.81. The van der Waals surface area contributed by atoms with E-state index >= 15 is 0 Å². The molecular formula is C10H10OS2. The summed E-state index contributed by atoms with van der Waals surface area (Å²) in [6, 6.07) is 4.03. The zero-order chi connectivity index (χ0) is 9.42. The van der Waals surface area contributed by atoms with Gasteiger partial charge < -0.3 is 5.11 Å². The molecule has 0 atom stereocenters. The third-order valence-electron chi connectivity index (χ3n) is 2.14. The van der Waals surface area contributed by atoms with Crippen LogP contribution in [-0.4, -0.2) is 5.11 Å². The highest BCUT2D eigenvalue weighted by Gasteiger charge is 2.05. The lowest BCUT2D eigenvalue weighted by atomic mass is 10.1. The van der Waals surface area contributed by atoms with Gasteiger partial charge in [0.15, 0.2) is 0 Å². The summed E-state index contributed by atoms with van der Waals surface area (Å²) < 4.78 is 1.10. The average Bonchev–Trinajstić information content (AvgIpc) is 2.46. The van der Waals surface area contributed by atoms with Gasteiger partial charge in [-0.3, -0.25) is 0 Å². The number of aryl methyl sites for hydroxylation is 1. The molecule has 0 unspecified atom stereocenters. The third kappa shape index (κ3) is 1.42. The smallest absolute Gasteiger partial charge is 0.134 e. The Morgan fingerprint density at radius 1 is 1.46 bits per heavy atom. The van der Waals surface area contributed by atoms with Crippen LogP contribution in [0.3, 0.4) is 0 Å². The van der Waals surface area contributed by atoms with Crippen molar-refractivity contribution in [3.8, 4) is 5.75 Å². The first kappa shape index (κ1) is 8.91. The molecule has 1 aromatic carbocycles. The highest BCUT2D eigenvalue weighted by molar-refractivity contribution is 7.80. The maximum atomic E-state index is 9.51. The van der Waals surface area contributed by atoms with Crippen LogP contribution in [0.5, 0.6) is 5.75 Å². The molecule has 2 aromatic rings. The quantitative estimate of drug-likeness (QED) is 0.691. The number of fused-ring (bicyclic) bond motifs is 1. The van der Waals surface area contributed by atoms with E-state index in [4.69, 9.17) is 0 Å². The highest BCUT2D eigenvalue weighted by atomic mass is 32.1. The van der Waals surface area contributed by atoms with Crippen molar-refractivity contribution in [1.29, 1.82) is 0 Å². The van der Waals surface area contributed by atoms with Crippen molar-refractivity contribution < 1.29 is 5.11 Å². The third-order valence-corrected chi connectivity index (χ3v) is 3.48. The Labute approximate surface area is 86.4 Å². The van der Waals surface area contributed by atoms with E-state index in [9.17, 15) is 5.11 Å². The van der Waals surface area contributed by atoms with Crippen molar-refractivity contribution in [1.82, 2.24) is 0 Å². The van der Waals surface area contributed by atoms with Crippen LogP contribution >= 0.6 is 24.0 Å². The fourth-order valence-electron chi connectivity index (χ4n) is 1.38. The van der Waals surface area contributed by atoms with Crippen molar-refractivity contribution >= 4 is 34.1 Å². The van der Waals surface area contributed by atoms with Crippen LogP contribution in [0.25, 0.3) is 10.1 Å². The lowest BCUT2D eigenvalue weighted by molar-refractivity contribution is 0.483. The molecule has 1 N–H and O–H groups in total. The maximum absolute atomic E-state index is 9.51. The molecule has 3 heteroatoms. The van der Waals surface area contributed by atoms with Crippen LogP contribution in [0, 0.1) is 0 Å². The number of aromatic hydroxyl groups is 1. The van der Waals surface area contributed by atoms with Crippen molar-refractivity contribution in [3.63, 3.8) is 0 Å². The number of thiophene rings is 1. The number of benzene rings is 1. The van der Waals surface area contributed by atoms with E-state index in [1.807, 2.05) is 12.1 Å². The SMILES string of the molecule is CCc1cc2c(O)csc2cc1S. The topological polar surface area (TPSA) is 20.2 Å². The van der Waals surface area contributed by atoms with E-state index in [0.717, 1.165) is 21.4 Å². The van der Waals surface area contributed by atoms with Gasteiger partial charge in [0, 0.05) is 20.4 Å². The van der Waals surface area contributed by atoms with Crippen LogP contribution in [0.15, 0.2) is 22.4 Å². The Morgan fingerprint density at radius 3 is 2.92 bits per heavy atom. The number of hydrogen-bond donors (Lipinski definition) is 2.